The third-order valence-corrected chi connectivity index (χ3v) is 4.44. The summed E-state index contributed by atoms with van der Waals surface area (Å²) >= 11 is 6.12. The summed E-state index contributed by atoms with van der Waals surface area (Å²) in [6, 6.07) is 10.4. The Morgan fingerprint density at radius 3 is 2.32 bits per heavy atom. The molecule has 0 saturated heterocycles. The SMILES string of the molecule is COc1cc(C(=O)O[C@H](C)C(=O)Nc2ccccc2C(C)C)cc(Cl)c1OC. The average Bonchev–Trinajstić information content (AvgIpc) is 2.67. The lowest BCUT2D eigenvalue weighted by Gasteiger charge is -2.17. The van der Waals surface area contributed by atoms with Crippen molar-refractivity contribution < 1.29 is 23.8 Å². The van der Waals surface area contributed by atoms with E-state index < -0.39 is 18.0 Å². The zero-order chi connectivity index (χ0) is 20.8. The maximum absolute atomic E-state index is 12.5. The van der Waals surface area contributed by atoms with Crippen LogP contribution in [-0.4, -0.2) is 32.2 Å². The smallest absolute Gasteiger partial charge is 0.339 e. The number of para-hydroxylation sites is 1. The van der Waals surface area contributed by atoms with Crippen LogP contribution in [0.15, 0.2) is 36.4 Å². The van der Waals surface area contributed by atoms with E-state index in [0.29, 0.717) is 17.2 Å². The number of nitrogens with one attached hydrogen (secondary N) is 1. The van der Waals surface area contributed by atoms with Crippen molar-refractivity contribution in [3.8, 4) is 11.5 Å². The van der Waals surface area contributed by atoms with Gasteiger partial charge in [0.25, 0.3) is 5.91 Å². The number of ether oxygens (including phenoxy) is 3. The molecule has 0 aliphatic heterocycles. The molecule has 7 heteroatoms. The Kier molecular flexibility index (Phi) is 7.29. The number of rotatable bonds is 7. The van der Waals surface area contributed by atoms with Crippen LogP contribution in [0.3, 0.4) is 0 Å². The van der Waals surface area contributed by atoms with Crippen molar-refractivity contribution in [3.05, 3.63) is 52.5 Å². The van der Waals surface area contributed by atoms with Gasteiger partial charge in [0, 0.05) is 5.69 Å². The molecule has 0 spiro atoms. The summed E-state index contributed by atoms with van der Waals surface area (Å²) in [5.41, 5.74) is 1.85. The number of halogens is 1. The van der Waals surface area contributed by atoms with Crippen LogP contribution in [0.25, 0.3) is 0 Å². The predicted octanol–water partition coefficient (Wildman–Crippen LogP) is 4.66. The Bertz CT molecular complexity index is 866. The molecule has 1 N–H and O–H groups in total. The molecule has 2 aromatic rings. The van der Waals surface area contributed by atoms with Gasteiger partial charge < -0.3 is 19.5 Å². The van der Waals surface area contributed by atoms with Crippen LogP contribution < -0.4 is 14.8 Å². The number of hydrogen-bond donors (Lipinski definition) is 1. The fraction of sp³-hybridized carbons (Fsp3) is 0.333. The molecule has 1 atom stereocenters. The Labute approximate surface area is 169 Å². The molecular formula is C21H24ClNO5. The highest BCUT2D eigenvalue weighted by Crippen LogP contribution is 2.36. The number of anilines is 1. The largest absolute Gasteiger partial charge is 0.493 e. The van der Waals surface area contributed by atoms with Gasteiger partial charge in [0.05, 0.1) is 24.8 Å². The lowest BCUT2D eigenvalue weighted by atomic mass is 10.0. The minimum atomic E-state index is -1.00. The summed E-state index contributed by atoms with van der Waals surface area (Å²) in [5, 5.41) is 3.02. The fourth-order valence-corrected chi connectivity index (χ4v) is 2.95. The number of amides is 1. The molecule has 0 aliphatic carbocycles. The number of carbonyl (C=O) groups is 2. The third kappa shape index (κ3) is 4.95. The van der Waals surface area contributed by atoms with E-state index in [9.17, 15) is 9.59 Å². The Balaban J connectivity index is 2.12. The van der Waals surface area contributed by atoms with Gasteiger partial charge in [-0.25, -0.2) is 4.79 Å². The van der Waals surface area contributed by atoms with Gasteiger partial charge in [-0.15, -0.1) is 0 Å². The quantitative estimate of drug-likeness (QED) is 0.678. The molecule has 0 bridgehead atoms. The van der Waals surface area contributed by atoms with Crippen LogP contribution in [0, 0.1) is 0 Å². The van der Waals surface area contributed by atoms with Gasteiger partial charge in [0.2, 0.25) is 0 Å². The van der Waals surface area contributed by atoms with E-state index in [1.54, 1.807) is 0 Å². The zero-order valence-corrected chi connectivity index (χ0v) is 17.3. The number of esters is 1. The van der Waals surface area contributed by atoms with Crippen molar-refractivity contribution in [2.24, 2.45) is 0 Å². The van der Waals surface area contributed by atoms with E-state index in [1.165, 1.54) is 33.3 Å². The van der Waals surface area contributed by atoms with Gasteiger partial charge in [0.1, 0.15) is 0 Å². The fourth-order valence-electron chi connectivity index (χ4n) is 2.67. The highest BCUT2D eigenvalue weighted by Gasteiger charge is 2.22. The lowest BCUT2D eigenvalue weighted by molar-refractivity contribution is -0.123. The monoisotopic (exact) mass is 405 g/mol. The van der Waals surface area contributed by atoms with E-state index in [4.69, 9.17) is 25.8 Å². The van der Waals surface area contributed by atoms with E-state index in [2.05, 4.69) is 5.32 Å². The number of benzene rings is 2. The van der Waals surface area contributed by atoms with Crippen LogP contribution in [0.1, 0.15) is 42.6 Å². The van der Waals surface area contributed by atoms with Gasteiger partial charge >= 0.3 is 5.97 Å². The average molecular weight is 406 g/mol. The molecule has 0 fully saturated rings. The van der Waals surface area contributed by atoms with Crippen LogP contribution >= 0.6 is 11.6 Å². The zero-order valence-electron chi connectivity index (χ0n) is 16.5. The summed E-state index contributed by atoms with van der Waals surface area (Å²) < 4.78 is 15.6. The lowest BCUT2D eigenvalue weighted by Crippen LogP contribution is -2.30. The molecule has 2 rings (SSSR count). The van der Waals surface area contributed by atoms with Crippen LogP contribution in [0.2, 0.25) is 5.02 Å². The first-order valence-corrected chi connectivity index (χ1v) is 9.18. The van der Waals surface area contributed by atoms with Gasteiger partial charge in [-0.2, -0.15) is 0 Å². The van der Waals surface area contributed by atoms with Crippen LogP contribution in [0.5, 0.6) is 11.5 Å². The molecule has 0 aromatic heterocycles. The van der Waals surface area contributed by atoms with Crippen molar-refractivity contribution >= 4 is 29.2 Å². The summed E-state index contributed by atoms with van der Waals surface area (Å²) in [5.74, 6) is -0.263. The second-order valence-electron chi connectivity index (χ2n) is 6.47. The third-order valence-electron chi connectivity index (χ3n) is 4.16. The van der Waals surface area contributed by atoms with Gasteiger partial charge in [-0.05, 0) is 36.6 Å². The maximum Gasteiger partial charge on any atom is 0.339 e. The molecule has 0 unspecified atom stereocenters. The van der Waals surface area contributed by atoms with E-state index >= 15 is 0 Å². The van der Waals surface area contributed by atoms with E-state index in [0.717, 1.165) is 5.56 Å². The number of carbonyl (C=O) groups excluding carboxylic acids is 2. The predicted molar refractivity (Wildman–Crippen MR) is 109 cm³/mol. The number of hydrogen-bond acceptors (Lipinski definition) is 5. The highest BCUT2D eigenvalue weighted by molar-refractivity contribution is 6.32. The van der Waals surface area contributed by atoms with Crippen molar-refractivity contribution in [3.63, 3.8) is 0 Å². The standard InChI is InChI=1S/C21H24ClNO5/c1-12(2)15-8-6-7-9-17(15)23-20(24)13(3)28-21(25)14-10-16(22)19(27-5)18(11-14)26-4/h6-13H,1-5H3,(H,23,24)/t13-/m1/s1. The molecule has 0 heterocycles. The second kappa shape index (κ2) is 9.46. The minimum absolute atomic E-state index is 0.157. The second-order valence-corrected chi connectivity index (χ2v) is 6.88. The normalized spacial score (nSPS) is 11.7. The van der Waals surface area contributed by atoms with Crippen LogP contribution in [-0.2, 0) is 9.53 Å². The first kappa shape index (κ1) is 21.6. The molecule has 0 radical (unpaired) electrons. The van der Waals surface area contributed by atoms with Crippen molar-refractivity contribution in [2.75, 3.05) is 19.5 Å². The van der Waals surface area contributed by atoms with Gasteiger partial charge in [-0.3, -0.25) is 4.79 Å². The molecule has 0 aliphatic rings. The Morgan fingerprint density at radius 1 is 1.04 bits per heavy atom. The van der Waals surface area contributed by atoms with Crippen molar-refractivity contribution in [1.82, 2.24) is 0 Å². The Morgan fingerprint density at radius 2 is 1.71 bits per heavy atom. The van der Waals surface area contributed by atoms with Crippen molar-refractivity contribution in [1.29, 1.82) is 0 Å². The first-order chi connectivity index (χ1) is 13.3. The van der Waals surface area contributed by atoms with Crippen molar-refractivity contribution in [2.45, 2.75) is 32.8 Å². The Hall–Kier alpha value is -2.73. The molecule has 0 saturated carbocycles. The van der Waals surface area contributed by atoms with E-state index in [-0.39, 0.29) is 16.5 Å². The topological polar surface area (TPSA) is 73.9 Å². The molecule has 150 valence electrons. The molecule has 28 heavy (non-hydrogen) atoms. The van der Waals surface area contributed by atoms with Gasteiger partial charge in [0.15, 0.2) is 17.6 Å². The summed E-state index contributed by atoms with van der Waals surface area (Å²) in [6.45, 7) is 5.58. The molecule has 1 amide bonds. The van der Waals surface area contributed by atoms with Crippen LogP contribution in [0.4, 0.5) is 5.69 Å². The highest BCUT2D eigenvalue weighted by atomic mass is 35.5. The molecule has 2 aromatic carbocycles. The number of methoxy groups -OCH3 is 2. The minimum Gasteiger partial charge on any atom is -0.493 e. The summed E-state index contributed by atoms with van der Waals surface area (Å²) in [4.78, 5) is 24.9. The summed E-state index contributed by atoms with van der Waals surface area (Å²) in [7, 11) is 2.88. The first-order valence-electron chi connectivity index (χ1n) is 8.80. The van der Waals surface area contributed by atoms with Gasteiger partial charge in [-0.1, -0.05) is 43.6 Å². The molecular weight excluding hydrogens is 382 g/mol. The van der Waals surface area contributed by atoms with E-state index in [1.807, 2.05) is 38.1 Å². The maximum atomic E-state index is 12.5. The molecule has 6 nitrogen and oxygen atoms in total. The summed E-state index contributed by atoms with van der Waals surface area (Å²) in [6.07, 6.45) is -1.00.